The molecule has 3 aromatic rings. The van der Waals surface area contributed by atoms with Crippen molar-refractivity contribution in [1.82, 2.24) is 0 Å². The van der Waals surface area contributed by atoms with Crippen LogP contribution in [0.2, 0.25) is 10.0 Å². The van der Waals surface area contributed by atoms with Gasteiger partial charge in [0.15, 0.2) is 5.78 Å². The summed E-state index contributed by atoms with van der Waals surface area (Å²) in [5.74, 6) is 0.107. The number of hydrogen-bond donors (Lipinski definition) is 1. The second kappa shape index (κ2) is 9.44. The minimum Gasteiger partial charge on any atom is -0.487 e. The average Bonchev–Trinajstić information content (AvgIpc) is 3.49. The Bertz CT molecular complexity index is 1260. The molecule has 5 rings (SSSR count). The number of carbonyl (C=O) groups is 2. The van der Waals surface area contributed by atoms with Crippen LogP contribution in [0, 0.1) is 11.8 Å². The minimum atomic E-state index is -0.949. The molecule has 4 nitrogen and oxygen atoms in total. The van der Waals surface area contributed by atoms with Crippen molar-refractivity contribution in [1.29, 1.82) is 0 Å². The Morgan fingerprint density at radius 1 is 0.971 bits per heavy atom. The van der Waals surface area contributed by atoms with E-state index in [2.05, 4.69) is 0 Å². The first kappa shape index (κ1) is 22.9. The lowest BCUT2D eigenvalue weighted by molar-refractivity contribution is 0.0696. The Balaban J connectivity index is 1.34. The van der Waals surface area contributed by atoms with Crippen LogP contribution >= 0.6 is 23.2 Å². The number of hydrogen-bond acceptors (Lipinski definition) is 3. The van der Waals surface area contributed by atoms with Crippen LogP contribution < -0.4 is 4.74 Å². The number of ether oxygens (including phenoxy) is 1. The van der Waals surface area contributed by atoms with E-state index in [-0.39, 0.29) is 28.9 Å². The summed E-state index contributed by atoms with van der Waals surface area (Å²) in [6.45, 7) is 0.288. The third-order valence-electron chi connectivity index (χ3n) is 7.03. The molecule has 2 aliphatic carbocycles. The van der Waals surface area contributed by atoms with Gasteiger partial charge in [-0.05, 0) is 71.7 Å². The largest absolute Gasteiger partial charge is 0.487 e. The standard InChI is InChI=1S/C28H24Cl2O4/c29-25-23(14-21-13-22(18-5-1-2-6-18)27(31)24(21)26(25)30)34-15-16-4-3-7-20(12-16)17-8-10-19(11-9-17)28(32)33/h3-4,7-12,14,18,22H,1-2,5-6,13,15H2,(H,32,33). The SMILES string of the molecule is O=C(O)c1ccc(-c2cccc(COc3cc4c(c(Cl)c3Cl)C(=O)C(C3CCCC3)C4)c2)cc1. The summed E-state index contributed by atoms with van der Waals surface area (Å²) in [7, 11) is 0. The van der Waals surface area contributed by atoms with Crippen LogP contribution in [0.3, 0.4) is 0 Å². The lowest BCUT2D eigenvalue weighted by atomic mass is 9.88. The third-order valence-corrected chi connectivity index (χ3v) is 7.88. The highest BCUT2D eigenvalue weighted by atomic mass is 35.5. The molecule has 1 atom stereocenters. The van der Waals surface area contributed by atoms with Gasteiger partial charge in [-0.25, -0.2) is 4.79 Å². The summed E-state index contributed by atoms with van der Waals surface area (Å²) >= 11 is 13.1. The Hall–Kier alpha value is -2.82. The summed E-state index contributed by atoms with van der Waals surface area (Å²) in [6.07, 6.45) is 5.30. The van der Waals surface area contributed by atoms with E-state index in [1.165, 1.54) is 12.8 Å². The lowest BCUT2D eigenvalue weighted by Crippen LogP contribution is -2.18. The predicted molar refractivity (Wildman–Crippen MR) is 133 cm³/mol. The third kappa shape index (κ3) is 4.33. The molecular formula is C28H24Cl2O4. The molecule has 0 heterocycles. The maximum Gasteiger partial charge on any atom is 0.335 e. The highest BCUT2D eigenvalue weighted by Crippen LogP contribution is 2.46. The van der Waals surface area contributed by atoms with Crippen LogP contribution in [0.5, 0.6) is 5.75 Å². The van der Waals surface area contributed by atoms with Gasteiger partial charge in [-0.2, -0.15) is 0 Å². The van der Waals surface area contributed by atoms with Gasteiger partial charge in [0, 0.05) is 11.5 Å². The highest BCUT2D eigenvalue weighted by Gasteiger charge is 2.39. The van der Waals surface area contributed by atoms with Crippen molar-refractivity contribution in [3.05, 3.63) is 86.9 Å². The van der Waals surface area contributed by atoms with Crippen LogP contribution in [0.15, 0.2) is 54.6 Å². The molecule has 0 saturated heterocycles. The van der Waals surface area contributed by atoms with Crippen LogP contribution in [-0.4, -0.2) is 16.9 Å². The molecule has 174 valence electrons. The fourth-order valence-corrected chi connectivity index (χ4v) is 5.76. The van der Waals surface area contributed by atoms with Crippen molar-refractivity contribution in [2.45, 2.75) is 38.7 Å². The van der Waals surface area contributed by atoms with E-state index < -0.39 is 5.97 Å². The molecule has 1 N–H and O–H groups in total. The summed E-state index contributed by atoms with van der Waals surface area (Å²) in [4.78, 5) is 24.2. The number of benzene rings is 3. The first-order valence-corrected chi connectivity index (χ1v) is 12.3. The maximum atomic E-state index is 13.1. The van der Waals surface area contributed by atoms with Crippen molar-refractivity contribution in [3.63, 3.8) is 0 Å². The van der Waals surface area contributed by atoms with E-state index in [1.54, 1.807) is 24.3 Å². The van der Waals surface area contributed by atoms with Gasteiger partial charge in [-0.3, -0.25) is 4.79 Å². The van der Waals surface area contributed by atoms with Gasteiger partial charge in [-0.1, -0.05) is 66.4 Å². The number of carboxylic acids is 1. The van der Waals surface area contributed by atoms with Crippen LogP contribution in [0.1, 0.15) is 57.5 Å². The molecule has 0 aromatic heterocycles. The maximum absolute atomic E-state index is 13.1. The van der Waals surface area contributed by atoms with Gasteiger partial charge < -0.3 is 9.84 Å². The van der Waals surface area contributed by atoms with Crippen LogP contribution in [0.25, 0.3) is 11.1 Å². The Kier molecular flexibility index (Phi) is 6.37. The first-order valence-electron chi connectivity index (χ1n) is 11.5. The van der Waals surface area contributed by atoms with E-state index in [0.29, 0.717) is 28.7 Å². The van der Waals surface area contributed by atoms with Crippen LogP contribution in [0.4, 0.5) is 0 Å². The number of halogens is 2. The normalized spacial score (nSPS) is 17.7. The molecule has 1 unspecified atom stereocenters. The summed E-state index contributed by atoms with van der Waals surface area (Å²) < 4.78 is 6.06. The number of ketones is 1. The number of Topliss-reactive ketones (excluding diaryl/α,β-unsaturated/α-hetero) is 1. The fraction of sp³-hybridized carbons (Fsp3) is 0.286. The van der Waals surface area contributed by atoms with Gasteiger partial charge in [0.2, 0.25) is 0 Å². The molecule has 0 amide bonds. The topological polar surface area (TPSA) is 63.6 Å². The number of carboxylic acid groups (broad SMARTS) is 1. The van der Waals surface area contributed by atoms with Crippen molar-refractivity contribution in [3.8, 4) is 16.9 Å². The number of aromatic carboxylic acids is 1. The van der Waals surface area contributed by atoms with E-state index in [0.717, 1.165) is 35.1 Å². The number of rotatable bonds is 6. The van der Waals surface area contributed by atoms with E-state index in [1.807, 2.05) is 30.3 Å². The van der Waals surface area contributed by atoms with Crippen molar-refractivity contribution < 1.29 is 19.4 Å². The van der Waals surface area contributed by atoms with E-state index in [4.69, 9.17) is 33.0 Å². The first-order chi connectivity index (χ1) is 16.4. The van der Waals surface area contributed by atoms with Crippen LogP contribution in [-0.2, 0) is 13.0 Å². The quantitative estimate of drug-likeness (QED) is 0.385. The molecule has 3 aromatic carbocycles. The minimum absolute atomic E-state index is 0.00511. The van der Waals surface area contributed by atoms with Gasteiger partial charge in [0.25, 0.3) is 0 Å². The summed E-state index contributed by atoms with van der Waals surface area (Å²) in [6, 6.07) is 16.5. The monoisotopic (exact) mass is 494 g/mol. The lowest BCUT2D eigenvalue weighted by Gasteiger charge is -2.15. The molecule has 0 spiro atoms. The number of carbonyl (C=O) groups excluding carboxylic acids is 1. The Labute approximate surface area is 208 Å². The Morgan fingerprint density at radius 2 is 1.71 bits per heavy atom. The van der Waals surface area contributed by atoms with Crippen molar-refractivity contribution in [2.75, 3.05) is 0 Å². The van der Waals surface area contributed by atoms with Gasteiger partial charge in [0.1, 0.15) is 17.4 Å². The molecule has 2 aliphatic rings. The van der Waals surface area contributed by atoms with Crippen molar-refractivity contribution in [2.24, 2.45) is 11.8 Å². The second-order valence-electron chi connectivity index (χ2n) is 9.13. The van der Waals surface area contributed by atoms with E-state index >= 15 is 0 Å². The summed E-state index contributed by atoms with van der Waals surface area (Å²) in [5, 5.41) is 9.67. The average molecular weight is 495 g/mol. The zero-order valence-corrected chi connectivity index (χ0v) is 20.0. The molecule has 1 saturated carbocycles. The fourth-order valence-electron chi connectivity index (χ4n) is 5.25. The predicted octanol–water partition coefficient (Wildman–Crippen LogP) is 7.48. The van der Waals surface area contributed by atoms with Gasteiger partial charge >= 0.3 is 5.97 Å². The Morgan fingerprint density at radius 3 is 2.41 bits per heavy atom. The van der Waals surface area contributed by atoms with Gasteiger partial charge in [0.05, 0.1) is 10.6 Å². The molecular weight excluding hydrogens is 471 g/mol. The molecule has 0 aliphatic heterocycles. The van der Waals surface area contributed by atoms with E-state index in [9.17, 15) is 9.59 Å². The molecule has 1 fully saturated rings. The van der Waals surface area contributed by atoms with Gasteiger partial charge in [-0.15, -0.1) is 0 Å². The smallest absolute Gasteiger partial charge is 0.335 e. The zero-order chi connectivity index (χ0) is 23.8. The molecule has 6 heteroatoms. The summed E-state index contributed by atoms with van der Waals surface area (Å²) in [5.41, 5.74) is 4.57. The highest BCUT2D eigenvalue weighted by molar-refractivity contribution is 6.45. The number of fused-ring (bicyclic) bond motifs is 1. The second-order valence-corrected chi connectivity index (χ2v) is 9.88. The molecule has 34 heavy (non-hydrogen) atoms. The zero-order valence-electron chi connectivity index (χ0n) is 18.5. The molecule has 0 radical (unpaired) electrons. The van der Waals surface area contributed by atoms with Crippen molar-refractivity contribution >= 4 is 35.0 Å². The molecule has 0 bridgehead atoms.